The lowest BCUT2D eigenvalue weighted by Gasteiger charge is -2.05. The molecule has 0 aliphatic heterocycles. The summed E-state index contributed by atoms with van der Waals surface area (Å²) in [5.74, 6) is -0.601. The number of carbonyl (C=O) groups is 2. The van der Waals surface area contributed by atoms with E-state index in [9.17, 15) is 9.59 Å². The van der Waals surface area contributed by atoms with Crippen LogP contribution < -0.4 is 16.2 Å². The third-order valence-corrected chi connectivity index (χ3v) is 4.13. The van der Waals surface area contributed by atoms with E-state index in [2.05, 4.69) is 26.2 Å². The van der Waals surface area contributed by atoms with Crippen LogP contribution in [0.25, 0.3) is 0 Å². The minimum absolute atomic E-state index is 0.0396. The Morgan fingerprint density at radius 1 is 1.27 bits per heavy atom. The number of aryl methyl sites for hydroxylation is 1. The van der Waals surface area contributed by atoms with E-state index >= 15 is 0 Å². The molecule has 1 aromatic heterocycles. The zero-order chi connectivity index (χ0) is 19.1. The minimum atomic E-state index is -0.570. The van der Waals surface area contributed by atoms with Crippen LogP contribution in [0.4, 0.5) is 0 Å². The third-order valence-electron chi connectivity index (χ3n) is 3.35. The molecule has 4 N–H and O–H groups in total. The second kappa shape index (κ2) is 8.99. The molecule has 0 radical (unpaired) electrons. The van der Waals surface area contributed by atoms with Crippen LogP contribution in [-0.2, 0) is 21.0 Å². The Labute approximate surface area is 158 Å². The third kappa shape index (κ3) is 5.59. The molecule has 10 heteroatoms. The van der Waals surface area contributed by atoms with E-state index in [4.69, 9.17) is 21.0 Å². The van der Waals surface area contributed by atoms with Crippen molar-refractivity contribution < 1.29 is 19.2 Å². The molecule has 2 rings (SSSR count). The van der Waals surface area contributed by atoms with Gasteiger partial charge in [-0.15, -0.1) is 0 Å². The summed E-state index contributed by atoms with van der Waals surface area (Å²) in [6.45, 7) is 2.04. The zero-order valence-electron chi connectivity index (χ0n) is 14.0. The number of nitrogens with two attached hydrogens (primary N) is 2. The van der Waals surface area contributed by atoms with Crippen molar-refractivity contribution >= 4 is 33.6 Å². The van der Waals surface area contributed by atoms with Gasteiger partial charge in [0, 0.05) is 11.3 Å². The van der Waals surface area contributed by atoms with Crippen molar-refractivity contribution in [3.05, 3.63) is 46.2 Å². The van der Waals surface area contributed by atoms with E-state index in [1.54, 1.807) is 35.1 Å². The Morgan fingerprint density at radius 2 is 1.96 bits per heavy atom. The number of nitrogens with zero attached hydrogens (tertiary/aromatic N) is 3. The number of carbonyl (C=O) groups excluding carboxylic acids is 2. The highest BCUT2D eigenvalue weighted by molar-refractivity contribution is 9.10. The minimum Gasteiger partial charge on any atom is -0.484 e. The van der Waals surface area contributed by atoms with Gasteiger partial charge >= 0.3 is 5.97 Å². The van der Waals surface area contributed by atoms with Gasteiger partial charge in [-0.05, 0) is 47.1 Å². The van der Waals surface area contributed by atoms with Gasteiger partial charge in [0.05, 0.1) is 23.6 Å². The van der Waals surface area contributed by atoms with Crippen molar-refractivity contribution in [1.82, 2.24) is 9.78 Å². The summed E-state index contributed by atoms with van der Waals surface area (Å²) in [4.78, 5) is 27.2. The summed E-state index contributed by atoms with van der Waals surface area (Å²) < 4.78 is 7.69. The van der Waals surface area contributed by atoms with Crippen molar-refractivity contribution in [2.24, 2.45) is 16.6 Å². The molecule has 1 amide bonds. The second-order valence-electron chi connectivity index (χ2n) is 5.27. The Bertz CT molecular complexity index is 817. The van der Waals surface area contributed by atoms with Gasteiger partial charge in [0.1, 0.15) is 5.75 Å². The fourth-order valence-electron chi connectivity index (χ4n) is 1.92. The lowest BCUT2D eigenvalue weighted by molar-refractivity contribution is -0.144. The predicted octanol–water partition coefficient (Wildman–Crippen LogP) is 1.07. The van der Waals surface area contributed by atoms with E-state index in [1.807, 2.05) is 6.92 Å². The SMILES string of the molecule is Cc1c(Br)cnn1CCC(=O)O/N=C(\N)c1ccc(OCC(N)=O)cc1. The highest BCUT2D eigenvalue weighted by atomic mass is 79.9. The number of amides is 1. The molecular formula is C16H18BrN5O4. The molecule has 138 valence electrons. The van der Waals surface area contributed by atoms with E-state index in [-0.39, 0.29) is 18.9 Å². The van der Waals surface area contributed by atoms with Crippen LogP contribution in [0.3, 0.4) is 0 Å². The fourth-order valence-corrected chi connectivity index (χ4v) is 2.22. The highest BCUT2D eigenvalue weighted by Gasteiger charge is 2.09. The number of halogens is 1. The zero-order valence-corrected chi connectivity index (χ0v) is 15.6. The number of primary amides is 1. The number of hydrogen-bond donors (Lipinski definition) is 2. The molecule has 0 spiro atoms. The van der Waals surface area contributed by atoms with Crippen molar-refractivity contribution in [3.8, 4) is 5.75 Å². The predicted molar refractivity (Wildman–Crippen MR) is 97.2 cm³/mol. The number of amidine groups is 1. The first-order valence-electron chi connectivity index (χ1n) is 7.59. The lowest BCUT2D eigenvalue weighted by Crippen LogP contribution is -2.20. The van der Waals surface area contributed by atoms with Crippen LogP contribution in [-0.4, -0.2) is 34.1 Å². The molecule has 0 bridgehead atoms. The highest BCUT2D eigenvalue weighted by Crippen LogP contribution is 2.15. The molecule has 0 unspecified atom stereocenters. The summed E-state index contributed by atoms with van der Waals surface area (Å²) in [5, 5.41) is 7.75. The van der Waals surface area contributed by atoms with Gasteiger partial charge in [-0.25, -0.2) is 4.79 Å². The lowest BCUT2D eigenvalue weighted by atomic mass is 10.2. The number of hydrogen-bond acceptors (Lipinski definition) is 6. The smallest absolute Gasteiger partial charge is 0.336 e. The van der Waals surface area contributed by atoms with Crippen molar-refractivity contribution in [2.45, 2.75) is 19.9 Å². The Kier molecular flexibility index (Phi) is 6.73. The normalized spacial score (nSPS) is 11.2. The average molecular weight is 424 g/mol. The second-order valence-corrected chi connectivity index (χ2v) is 6.12. The van der Waals surface area contributed by atoms with Gasteiger partial charge in [-0.2, -0.15) is 5.10 Å². The first-order valence-corrected chi connectivity index (χ1v) is 8.39. The molecule has 0 saturated carbocycles. The van der Waals surface area contributed by atoms with Gasteiger partial charge in [0.15, 0.2) is 12.4 Å². The van der Waals surface area contributed by atoms with Crippen LogP contribution >= 0.6 is 15.9 Å². The summed E-state index contributed by atoms with van der Waals surface area (Å²) in [6.07, 6.45) is 1.76. The van der Waals surface area contributed by atoms with Gasteiger partial charge in [0.25, 0.3) is 5.91 Å². The average Bonchev–Trinajstić information content (AvgIpc) is 2.95. The number of oxime groups is 1. The van der Waals surface area contributed by atoms with Crippen LogP contribution in [0.1, 0.15) is 17.7 Å². The van der Waals surface area contributed by atoms with Gasteiger partial charge < -0.3 is 21.0 Å². The Morgan fingerprint density at radius 3 is 2.54 bits per heavy atom. The maximum absolute atomic E-state index is 11.8. The molecule has 1 heterocycles. The summed E-state index contributed by atoms with van der Waals surface area (Å²) >= 11 is 3.35. The molecule has 0 aliphatic rings. The number of aromatic nitrogens is 2. The van der Waals surface area contributed by atoms with E-state index < -0.39 is 11.9 Å². The maximum atomic E-state index is 11.8. The molecule has 9 nitrogen and oxygen atoms in total. The first kappa shape index (κ1) is 19.4. The maximum Gasteiger partial charge on any atom is 0.336 e. The largest absolute Gasteiger partial charge is 0.484 e. The standard InChI is InChI=1S/C16H18BrN5O4/c1-10-13(17)8-20-22(10)7-6-15(24)26-21-16(19)11-2-4-12(5-3-11)25-9-14(18)23/h2-5,8H,6-7,9H2,1H3,(H2,18,23)(H2,19,21). The quantitative estimate of drug-likeness (QED) is 0.282. The monoisotopic (exact) mass is 423 g/mol. The van der Waals surface area contributed by atoms with E-state index in [0.29, 0.717) is 17.9 Å². The number of rotatable bonds is 8. The molecule has 26 heavy (non-hydrogen) atoms. The summed E-state index contributed by atoms with van der Waals surface area (Å²) in [6, 6.07) is 6.43. The number of ether oxygens (including phenoxy) is 1. The molecular weight excluding hydrogens is 406 g/mol. The van der Waals surface area contributed by atoms with Crippen molar-refractivity contribution in [3.63, 3.8) is 0 Å². The van der Waals surface area contributed by atoms with Crippen LogP contribution in [0, 0.1) is 6.92 Å². The first-order chi connectivity index (χ1) is 12.4. The summed E-state index contributed by atoms with van der Waals surface area (Å²) in [7, 11) is 0. The topological polar surface area (TPSA) is 135 Å². The molecule has 0 fully saturated rings. The Hall–Kier alpha value is -2.88. The summed E-state index contributed by atoms with van der Waals surface area (Å²) in [5.41, 5.74) is 12.2. The van der Waals surface area contributed by atoms with Crippen LogP contribution in [0.5, 0.6) is 5.75 Å². The Balaban J connectivity index is 1.85. The number of benzene rings is 1. The molecule has 0 aliphatic carbocycles. The van der Waals surface area contributed by atoms with Crippen LogP contribution in [0.2, 0.25) is 0 Å². The fraction of sp³-hybridized carbons (Fsp3) is 0.250. The van der Waals surface area contributed by atoms with Gasteiger partial charge in [-0.1, -0.05) is 5.16 Å². The molecule has 2 aromatic rings. The molecule has 0 atom stereocenters. The van der Waals surface area contributed by atoms with Crippen LogP contribution in [0.15, 0.2) is 40.1 Å². The van der Waals surface area contributed by atoms with Gasteiger partial charge in [-0.3, -0.25) is 9.48 Å². The molecule has 1 aromatic carbocycles. The van der Waals surface area contributed by atoms with Crippen molar-refractivity contribution in [2.75, 3.05) is 6.61 Å². The van der Waals surface area contributed by atoms with Gasteiger partial charge in [0.2, 0.25) is 0 Å². The van der Waals surface area contributed by atoms with E-state index in [0.717, 1.165) is 10.2 Å². The molecule has 0 saturated heterocycles. The van der Waals surface area contributed by atoms with E-state index in [1.165, 1.54) is 0 Å². The van der Waals surface area contributed by atoms with Crippen molar-refractivity contribution in [1.29, 1.82) is 0 Å².